The molecule has 3 aliphatic rings. The molecule has 2 fully saturated rings. The largest absolute Gasteiger partial charge is 0.462 e. The van der Waals surface area contributed by atoms with Crippen molar-refractivity contribution in [1.82, 2.24) is 0 Å². The molecule has 1 saturated carbocycles. The number of fused-ring (bicyclic) bond motifs is 2. The van der Waals surface area contributed by atoms with Gasteiger partial charge in [0.05, 0.1) is 18.1 Å². The molecule has 2 N–H and O–H groups in total. The van der Waals surface area contributed by atoms with Gasteiger partial charge in [-0.25, -0.2) is 0 Å². The van der Waals surface area contributed by atoms with E-state index in [9.17, 15) is 15.0 Å². The topological polar surface area (TPSA) is 66.8 Å². The fraction of sp³-hybridized carbons (Fsp3) is 0.800. The van der Waals surface area contributed by atoms with Crippen LogP contribution in [-0.4, -0.2) is 34.5 Å². The number of hydrogen-bond donors (Lipinski definition) is 2. The summed E-state index contributed by atoms with van der Waals surface area (Å²) in [6.45, 7) is 5.96. The van der Waals surface area contributed by atoms with Crippen molar-refractivity contribution >= 4 is 5.97 Å². The summed E-state index contributed by atoms with van der Waals surface area (Å²) in [6.07, 6.45) is 1.57. The molecule has 19 heavy (non-hydrogen) atoms. The van der Waals surface area contributed by atoms with Gasteiger partial charge in [0.1, 0.15) is 6.10 Å². The van der Waals surface area contributed by atoms with Gasteiger partial charge in [-0.1, -0.05) is 25.5 Å². The van der Waals surface area contributed by atoms with Crippen molar-refractivity contribution in [3.8, 4) is 0 Å². The summed E-state index contributed by atoms with van der Waals surface area (Å²) in [7, 11) is 0. The van der Waals surface area contributed by atoms with Crippen LogP contribution in [0.3, 0.4) is 0 Å². The lowest BCUT2D eigenvalue weighted by atomic mass is 9.55. The van der Waals surface area contributed by atoms with Gasteiger partial charge in [0.15, 0.2) is 0 Å². The van der Waals surface area contributed by atoms with Gasteiger partial charge in [-0.15, -0.1) is 0 Å². The number of ether oxygens (including phenoxy) is 1. The van der Waals surface area contributed by atoms with Crippen LogP contribution in [-0.2, 0) is 9.53 Å². The van der Waals surface area contributed by atoms with E-state index >= 15 is 0 Å². The molecule has 4 nitrogen and oxygen atoms in total. The van der Waals surface area contributed by atoms with E-state index < -0.39 is 17.6 Å². The fourth-order valence-electron chi connectivity index (χ4n) is 4.41. The minimum atomic E-state index is -0.813. The Kier molecular flexibility index (Phi) is 2.81. The average Bonchev–Trinajstić information content (AvgIpc) is 2.60. The van der Waals surface area contributed by atoms with Crippen LogP contribution in [0.5, 0.6) is 0 Å². The maximum Gasteiger partial charge on any atom is 0.309 e. The zero-order chi connectivity index (χ0) is 13.9. The molecular formula is C15H22O4. The van der Waals surface area contributed by atoms with Gasteiger partial charge in [-0.05, 0) is 25.7 Å². The number of carbonyl (C=O) groups excluding carboxylic acids is 1. The molecule has 0 amide bonds. The van der Waals surface area contributed by atoms with Gasteiger partial charge >= 0.3 is 5.97 Å². The van der Waals surface area contributed by atoms with Crippen LogP contribution in [0.25, 0.3) is 0 Å². The first-order valence-electron chi connectivity index (χ1n) is 7.09. The highest BCUT2D eigenvalue weighted by Crippen LogP contribution is 2.55. The first kappa shape index (κ1) is 13.1. The molecular weight excluding hydrogens is 244 g/mol. The molecule has 0 radical (unpaired) electrons. The minimum Gasteiger partial charge on any atom is -0.462 e. The lowest BCUT2D eigenvalue weighted by Gasteiger charge is -2.52. The zero-order valence-corrected chi connectivity index (χ0v) is 11.7. The lowest BCUT2D eigenvalue weighted by Crippen LogP contribution is -2.54. The van der Waals surface area contributed by atoms with E-state index in [1.807, 2.05) is 20.8 Å². The first-order chi connectivity index (χ1) is 8.84. The van der Waals surface area contributed by atoms with Crippen molar-refractivity contribution < 1.29 is 19.7 Å². The summed E-state index contributed by atoms with van der Waals surface area (Å²) in [5, 5.41) is 20.3. The number of carbonyl (C=O) groups is 1. The Morgan fingerprint density at radius 3 is 2.79 bits per heavy atom. The monoisotopic (exact) mass is 266 g/mol. The SMILES string of the molecule is CC1=C[C@H](O)[C@H](O)[C@]2(C)C[C@H]3OC(=O)[C@@H](C)[C@H]3C[C@@H]12. The highest BCUT2D eigenvalue weighted by atomic mass is 16.6. The number of aliphatic hydroxyl groups is 2. The molecule has 0 aromatic rings. The Morgan fingerprint density at radius 2 is 2.11 bits per heavy atom. The fourth-order valence-corrected chi connectivity index (χ4v) is 4.41. The molecule has 1 saturated heterocycles. The van der Waals surface area contributed by atoms with Gasteiger partial charge in [-0.3, -0.25) is 4.79 Å². The lowest BCUT2D eigenvalue weighted by molar-refractivity contribution is -0.150. The van der Waals surface area contributed by atoms with Crippen molar-refractivity contribution in [1.29, 1.82) is 0 Å². The molecule has 7 atom stereocenters. The van der Waals surface area contributed by atoms with Crippen LogP contribution < -0.4 is 0 Å². The molecule has 3 rings (SSSR count). The van der Waals surface area contributed by atoms with Gasteiger partial charge in [0.2, 0.25) is 0 Å². The van der Waals surface area contributed by atoms with Crippen LogP contribution in [0.2, 0.25) is 0 Å². The predicted molar refractivity (Wildman–Crippen MR) is 69.1 cm³/mol. The smallest absolute Gasteiger partial charge is 0.309 e. The normalized spacial score (nSPS) is 53.1. The highest BCUT2D eigenvalue weighted by molar-refractivity contribution is 5.75. The number of aliphatic hydroxyl groups excluding tert-OH is 2. The van der Waals surface area contributed by atoms with Crippen molar-refractivity contribution in [3.05, 3.63) is 11.6 Å². The molecule has 1 heterocycles. The summed E-state index contributed by atoms with van der Waals surface area (Å²) in [6, 6.07) is 0. The summed E-state index contributed by atoms with van der Waals surface area (Å²) in [5.41, 5.74) is 0.731. The molecule has 0 aromatic heterocycles. The Morgan fingerprint density at radius 1 is 1.42 bits per heavy atom. The van der Waals surface area contributed by atoms with Gasteiger partial charge < -0.3 is 14.9 Å². The Bertz CT molecular complexity index is 443. The minimum absolute atomic E-state index is 0.0497. The summed E-state index contributed by atoms with van der Waals surface area (Å²) in [4.78, 5) is 11.7. The number of allylic oxidation sites excluding steroid dienone is 1. The summed E-state index contributed by atoms with van der Waals surface area (Å²) >= 11 is 0. The number of esters is 1. The van der Waals surface area contributed by atoms with E-state index in [2.05, 4.69) is 0 Å². The van der Waals surface area contributed by atoms with E-state index in [1.54, 1.807) is 6.08 Å². The van der Waals surface area contributed by atoms with Gasteiger partial charge in [-0.2, -0.15) is 0 Å². The highest BCUT2D eigenvalue weighted by Gasteiger charge is 2.57. The van der Waals surface area contributed by atoms with Crippen LogP contribution in [0.15, 0.2) is 11.6 Å². The van der Waals surface area contributed by atoms with Crippen LogP contribution in [0, 0.1) is 23.2 Å². The van der Waals surface area contributed by atoms with Crippen LogP contribution in [0.4, 0.5) is 0 Å². The summed E-state index contributed by atoms with van der Waals surface area (Å²) in [5.74, 6) is 0.306. The van der Waals surface area contributed by atoms with Crippen LogP contribution in [0.1, 0.15) is 33.6 Å². The molecule has 106 valence electrons. The van der Waals surface area contributed by atoms with Crippen molar-refractivity contribution in [2.24, 2.45) is 23.2 Å². The average molecular weight is 266 g/mol. The molecule has 0 spiro atoms. The molecule has 2 aliphatic carbocycles. The van der Waals surface area contributed by atoms with Gasteiger partial charge in [0, 0.05) is 11.3 Å². The van der Waals surface area contributed by atoms with Crippen molar-refractivity contribution in [2.75, 3.05) is 0 Å². The van der Waals surface area contributed by atoms with Crippen molar-refractivity contribution in [3.63, 3.8) is 0 Å². The first-order valence-corrected chi connectivity index (χ1v) is 7.09. The Balaban J connectivity index is 1.96. The van der Waals surface area contributed by atoms with E-state index in [-0.39, 0.29) is 29.8 Å². The van der Waals surface area contributed by atoms with E-state index in [4.69, 9.17) is 4.74 Å². The van der Waals surface area contributed by atoms with E-state index in [0.29, 0.717) is 6.42 Å². The zero-order valence-electron chi connectivity index (χ0n) is 11.7. The van der Waals surface area contributed by atoms with Gasteiger partial charge in [0.25, 0.3) is 0 Å². The Labute approximate surface area is 113 Å². The van der Waals surface area contributed by atoms with Crippen LogP contribution >= 0.6 is 0 Å². The third-order valence-electron chi connectivity index (χ3n) is 5.69. The second-order valence-corrected chi connectivity index (χ2v) is 6.77. The van der Waals surface area contributed by atoms with E-state index in [1.165, 1.54) is 0 Å². The second-order valence-electron chi connectivity index (χ2n) is 6.77. The predicted octanol–water partition coefficient (Wildman–Crippen LogP) is 1.26. The molecule has 1 aliphatic heterocycles. The number of hydrogen-bond acceptors (Lipinski definition) is 4. The molecule has 4 heteroatoms. The standard InChI is InChI=1S/C15H22O4/c1-7-4-11(16)13(17)15(3)6-12-9(5-10(7)15)8(2)14(18)19-12/h4,8-13,16-17H,5-6H2,1-3H3/t8-,9+,10-,11-,12+,13-,15+/m0/s1. The third-order valence-corrected chi connectivity index (χ3v) is 5.69. The maximum absolute atomic E-state index is 11.7. The molecule has 0 bridgehead atoms. The van der Waals surface area contributed by atoms with E-state index in [0.717, 1.165) is 12.0 Å². The second kappa shape index (κ2) is 4.06. The molecule has 0 aromatic carbocycles. The van der Waals surface area contributed by atoms with Crippen molar-refractivity contribution in [2.45, 2.75) is 51.9 Å². The molecule has 0 unspecified atom stereocenters. The number of rotatable bonds is 0. The third kappa shape index (κ3) is 1.69. The summed E-state index contributed by atoms with van der Waals surface area (Å²) < 4.78 is 5.46. The Hall–Kier alpha value is -0.870. The maximum atomic E-state index is 11.7. The quantitative estimate of drug-likeness (QED) is 0.512.